The van der Waals surface area contributed by atoms with Crippen molar-refractivity contribution in [2.75, 3.05) is 31.1 Å². The third-order valence-corrected chi connectivity index (χ3v) is 6.00. The lowest BCUT2D eigenvalue weighted by atomic mass is 10.0. The first kappa shape index (κ1) is 22.8. The molecule has 4 rings (SSSR count). The van der Waals surface area contributed by atoms with Gasteiger partial charge in [0.25, 0.3) is 5.91 Å². The SMILES string of the molecule is Cc1nc(-c2ccccc2)cc(N2CCN(C(=O)C(C)Oc3ccccc3C(C)C)CC2)n1. The Morgan fingerprint density at radius 3 is 2.27 bits per heavy atom. The highest BCUT2D eigenvalue weighted by atomic mass is 16.5. The van der Waals surface area contributed by atoms with Gasteiger partial charge in [-0.3, -0.25) is 4.79 Å². The molecule has 1 amide bonds. The van der Waals surface area contributed by atoms with Gasteiger partial charge in [-0.1, -0.05) is 62.4 Å². The van der Waals surface area contributed by atoms with Crippen LogP contribution in [0.5, 0.6) is 5.75 Å². The molecule has 1 atom stereocenters. The summed E-state index contributed by atoms with van der Waals surface area (Å²) < 4.78 is 6.09. The Labute approximate surface area is 196 Å². The zero-order valence-corrected chi connectivity index (χ0v) is 19.9. The van der Waals surface area contributed by atoms with Crippen LogP contribution in [-0.4, -0.2) is 53.1 Å². The number of carbonyl (C=O) groups excluding carboxylic acids is 1. The quantitative estimate of drug-likeness (QED) is 0.552. The number of aromatic nitrogens is 2. The van der Waals surface area contributed by atoms with Crippen LogP contribution in [0.4, 0.5) is 5.82 Å². The lowest BCUT2D eigenvalue weighted by Gasteiger charge is -2.36. The smallest absolute Gasteiger partial charge is 0.263 e. The summed E-state index contributed by atoms with van der Waals surface area (Å²) in [6.45, 7) is 10.8. The van der Waals surface area contributed by atoms with Gasteiger partial charge in [0, 0.05) is 37.8 Å². The molecule has 1 aliphatic rings. The zero-order valence-electron chi connectivity index (χ0n) is 19.9. The summed E-state index contributed by atoms with van der Waals surface area (Å²) in [7, 11) is 0. The summed E-state index contributed by atoms with van der Waals surface area (Å²) in [5, 5.41) is 0. The van der Waals surface area contributed by atoms with E-state index in [0.717, 1.165) is 47.3 Å². The van der Waals surface area contributed by atoms with Crippen molar-refractivity contribution in [2.24, 2.45) is 0 Å². The number of piperazine rings is 1. The van der Waals surface area contributed by atoms with Gasteiger partial charge in [-0.15, -0.1) is 0 Å². The summed E-state index contributed by atoms with van der Waals surface area (Å²) in [5.41, 5.74) is 3.11. The number of aryl methyl sites for hydroxylation is 1. The Hall–Kier alpha value is -3.41. The summed E-state index contributed by atoms with van der Waals surface area (Å²) in [4.78, 5) is 26.5. The molecular formula is C27H32N4O2. The largest absolute Gasteiger partial charge is 0.481 e. The molecule has 6 nitrogen and oxygen atoms in total. The van der Waals surface area contributed by atoms with Crippen LogP contribution in [0.15, 0.2) is 60.7 Å². The number of carbonyl (C=O) groups is 1. The number of anilines is 1. The molecule has 0 spiro atoms. The van der Waals surface area contributed by atoms with Crippen molar-refractivity contribution in [1.29, 1.82) is 0 Å². The molecule has 1 aromatic heterocycles. The van der Waals surface area contributed by atoms with Gasteiger partial charge < -0.3 is 14.5 Å². The topological polar surface area (TPSA) is 58.6 Å². The van der Waals surface area contributed by atoms with E-state index >= 15 is 0 Å². The molecule has 1 fully saturated rings. The monoisotopic (exact) mass is 444 g/mol. The maximum atomic E-state index is 13.1. The maximum absolute atomic E-state index is 13.1. The van der Waals surface area contributed by atoms with Crippen molar-refractivity contribution in [3.63, 3.8) is 0 Å². The highest BCUT2D eigenvalue weighted by Crippen LogP contribution is 2.27. The number of ether oxygens (including phenoxy) is 1. The molecule has 0 saturated carbocycles. The Morgan fingerprint density at radius 2 is 1.58 bits per heavy atom. The van der Waals surface area contributed by atoms with E-state index in [1.165, 1.54) is 0 Å². The average Bonchev–Trinajstić information content (AvgIpc) is 2.84. The molecule has 0 bridgehead atoms. The van der Waals surface area contributed by atoms with Crippen molar-refractivity contribution in [2.45, 2.75) is 39.7 Å². The highest BCUT2D eigenvalue weighted by molar-refractivity contribution is 5.81. The lowest BCUT2D eigenvalue weighted by Crippen LogP contribution is -2.52. The molecule has 172 valence electrons. The molecule has 0 radical (unpaired) electrons. The second kappa shape index (κ2) is 10.0. The molecule has 2 aromatic carbocycles. The van der Waals surface area contributed by atoms with Crippen molar-refractivity contribution < 1.29 is 9.53 Å². The Balaban J connectivity index is 1.40. The first-order valence-electron chi connectivity index (χ1n) is 11.6. The second-order valence-corrected chi connectivity index (χ2v) is 8.79. The number of nitrogens with zero attached hydrogens (tertiary/aromatic N) is 4. The van der Waals surface area contributed by atoms with E-state index in [9.17, 15) is 4.79 Å². The minimum absolute atomic E-state index is 0.0250. The molecule has 1 aliphatic heterocycles. The van der Waals surface area contributed by atoms with Crippen LogP contribution in [0.3, 0.4) is 0 Å². The van der Waals surface area contributed by atoms with E-state index in [0.29, 0.717) is 19.0 Å². The molecule has 1 unspecified atom stereocenters. The fourth-order valence-corrected chi connectivity index (χ4v) is 4.19. The van der Waals surface area contributed by atoms with Gasteiger partial charge in [-0.05, 0) is 31.4 Å². The lowest BCUT2D eigenvalue weighted by molar-refractivity contribution is -0.138. The van der Waals surface area contributed by atoms with Gasteiger partial charge in [0.05, 0.1) is 5.69 Å². The van der Waals surface area contributed by atoms with Gasteiger partial charge >= 0.3 is 0 Å². The number of rotatable bonds is 6. The Bertz CT molecular complexity index is 1090. The van der Waals surface area contributed by atoms with Gasteiger partial charge in [0.2, 0.25) is 0 Å². The summed E-state index contributed by atoms with van der Waals surface area (Å²) in [5.74, 6) is 2.80. The van der Waals surface area contributed by atoms with E-state index in [2.05, 4.69) is 46.9 Å². The minimum atomic E-state index is -0.526. The molecule has 0 N–H and O–H groups in total. The van der Waals surface area contributed by atoms with Crippen LogP contribution in [-0.2, 0) is 4.79 Å². The fourth-order valence-electron chi connectivity index (χ4n) is 4.19. The van der Waals surface area contributed by atoms with E-state index in [-0.39, 0.29) is 5.91 Å². The van der Waals surface area contributed by atoms with Crippen molar-refractivity contribution in [1.82, 2.24) is 14.9 Å². The number of para-hydroxylation sites is 1. The molecule has 2 heterocycles. The summed E-state index contributed by atoms with van der Waals surface area (Å²) in [6, 6.07) is 20.1. The zero-order chi connectivity index (χ0) is 23.4. The second-order valence-electron chi connectivity index (χ2n) is 8.79. The molecule has 1 saturated heterocycles. The third-order valence-electron chi connectivity index (χ3n) is 6.00. The van der Waals surface area contributed by atoms with Crippen LogP contribution in [0.1, 0.15) is 38.1 Å². The number of hydrogen-bond donors (Lipinski definition) is 0. The third kappa shape index (κ3) is 5.33. The average molecular weight is 445 g/mol. The number of amides is 1. The fraction of sp³-hybridized carbons (Fsp3) is 0.370. The van der Waals surface area contributed by atoms with Crippen molar-refractivity contribution in [3.8, 4) is 17.0 Å². The van der Waals surface area contributed by atoms with Gasteiger partial charge in [-0.25, -0.2) is 9.97 Å². The standard InChI is InChI=1S/C27H32N4O2/c1-19(2)23-12-8-9-13-25(23)33-20(3)27(32)31-16-14-30(15-17-31)26-18-24(28-21(4)29-26)22-10-6-5-7-11-22/h5-13,18-20H,14-17H2,1-4H3. The Morgan fingerprint density at radius 1 is 0.909 bits per heavy atom. The summed E-state index contributed by atoms with van der Waals surface area (Å²) >= 11 is 0. The first-order chi connectivity index (χ1) is 15.9. The molecule has 6 heteroatoms. The van der Waals surface area contributed by atoms with E-state index in [1.807, 2.05) is 61.2 Å². The van der Waals surface area contributed by atoms with Crippen LogP contribution < -0.4 is 9.64 Å². The number of hydrogen-bond acceptors (Lipinski definition) is 5. The van der Waals surface area contributed by atoms with E-state index < -0.39 is 6.10 Å². The van der Waals surface area contributed by atoms with Crippen molar-refractivity contribution >= 4 is 11.7 Å². The predicted molar refractivity (Wildman–Crippen MR) is 132 cm³/mol. The molecule has 33 heavy (non-hydrogen) atoms. The highest BCUT2D eigenvalue weighted by Gasteiger charge is 2.27. The van der Waals surface area contributed by atoms with Gasteiger partial charge in [0.15, 0.2) is 6.10 Å². The van der Waals surface area contributed by atoms with Crippen LogP contribution in [0, 0.1) is 6.92 Å². The Kier molecular flexibility index (Phi) is 6.92. The molecule has 3 aromatic rings. The minimum Gasteiger partial charge on any atom is -0.481 e. The predicted octanol–water partition coefficient (Wildman–Crippen LogP) is 4.69. The van der Waals surface area contributed by atoms with Crippen LogP contribution >= 0.6 is 0 Å². The molecular weight excluding hydrogens is 412 g/mol. The maximum Gasteiger partial charge on any atom is 0.263 e. The van der Waals surface area contributed by atoms with Gasteiger partial charge in [-0.2, -0.15) is 0 Å². The van der Waals surface area contributed by atoms with Crippen LogP contribution in [0.25, 0.3) is 11.3 Å². The summed E-state index contributed by atoms with van der Waals surface area (Å²) in [6.07, 6.45) is -0.526. The normalized spacial score (nSPS) is 14.9. The van der Waals surface area contributed by atoms with Crippen LogP contribution in [0.2, 0.25) is 0 Å². The number of benzene rings is 2. The van der Waals surface area contributed by atoms with Gasteiger partial charge in [0.1, 0.15) is 17.4 Å². The van der Waals surface area contributed by atoms with E-state index in [1.54, 1.807) is 0 Å². The van der Waals surface area contributed by atoms with Crippen molar-refractivity contribution in [3.05, 3.63) is 72.1 Å². The molecule has 0 aliphatic carbocycles. The van der Waals surface area contributed by atoms with E-state index in [4.69, 9.17) is 4.74 Å². The first-order valence-corrected chi connectivity index (χ1v) is 11.6.